The first-order valence-corrected chi connectivity index (χ1v) is 9.90. The van der Waals surface area contributed by atoms with Crippen LogP contribution in [0.4, 0.5) is 10.5 Å². The summed E-state index contributed by atoms with van der Waals surface area (Å²) in [5.74, 6) is 0.531. The van der Waals surface area contributed by atoms with Gasteiger partial charge in [-0.2, -0.15) is 0 Å². The molecule has 0 unspecified atom stereocenters. The van der Waals surface area contributed by atoms with Gasteiger partial charge in [-0.05, 0) is 56.3 Å². The zero-order chi connectivity index (χ0) is 18.2. The first-order valence-electron chi connectivity index (χ1n) is 9.90. The Morgan fingerprint density at radius 3 is 2.44 bits per heavy atom. The molecular weight excluding hydrogens is 310 g/mol. The fourth-order valence-electron chi connectivity index (χ4n) is 3.77. The average molecular weight is 346 g/mol. The molecule has 1 aromatic carbocycles. The Labute approximate surface area is 153 Å². The quantitative estimate of drug-likeness (QED) is 0.792. The minimum Gasteiger partial charge on any atom is -0.336 e. The molecule has 0 bridgehead atoms. The van der Waals surface area contributed by atoms with Gasteiger partial charge in [0.25, 0.3) is 0 Å². The normalized spacial score (nSPS) is 17.2. The van der Waals surface area contributed by atoms with Gasteiger partial charge in [-0.25, -0.2) is 4.79 Å². The number of carbonyl (C=O) groups excluding carboxylic acids is 1. The number of hydrogen-bond acceptors (Lipinski definition) is 2. The summed E-state index contributed by atoms with van der Waals surface area (Å²) in [5, 5.41) is 6.19. The maximum atomic E-state index is 12.5. The third-order valence-corrected chi connectivity index (χ3v) is 5.33. The Kier molecular flexibility index (Phi) is 7.76. The number of carbonyl (C=O) groups is 1. The highest BCUT2D eigenvalue weighted by molar-refractivity contribution is 5.91. The number of anilines is 1. The minimum atomic E-state index is -0.0931. The number of nitrogens with one attached hydrogen (secondary N) is 2. The maximum absolute atomic E-state index is 12.5. The second-order valence-corrected chi connectivity index (χ2v) is 7.56. The van der Waals surface area contributed by atoms with Gasteiger partial charge in [0.2, 0.25) is 0 Å². The lowest BCUT2D eigenvalue weighted by molar-refractivity contribution is 0.158. The molecule has 1 aliphatic heterocycles. The fourth-order valence-corrected chi connectivity index (χ4v) is 3.77. The van der Waals surface area contributed by atoms with Gasteiger partial charge in [0, 0.05) is 18.3 Å². The van der Waals surface area contributed by atoms with E-state index in [0.29, 0.717) is 18.5 Å². The van der Waals surface area contributed by atoms with Crippen LogP contribution in [0.2, 0.25) is 0 Å². The van der Waals surface area contributed by atoms with Crippen molar-refractivity contribution in [2.45, 2.75) is 65.8 Å². The molecular formula is C21H35N3O. The summed E-state index contributed by atoms with van der Waals surface area (Å²) in [6, 6.07) is 6.49. The van der Waals surface area contributed by atoms with Gasteiger partial charge in [0.1, 0.15) is 0 Å². The smallest absolute Gasteiger partial charge is 0.319 e. The summed E-state index contributed by atoms with van der Waals surface area (Å²) in [6.07, 6.45) is 6.14. The third kappa shape index (κ3) is 5.74. The Morgan fingerprint density at radius 1 is 1.16 bits per heavy atom. The lowest BCUT2D eigenvalue weighted by atomic mass is 10.0. The van der Waals surface area contributed by atoms with Crippen LogP contribution in [0.3, 0.4) is 0 Å². The van der Waals surface area contributed by atoms with E-state index in [1.165, 1.54) is 31.2 Å². The molecule has 1 fully saturated rings. The van der Waals surface area contributed by atoms with E-state index in [1.54, 1.807) is 0 Å². The molecule has 1 aromatic rings. The molecule has 4 nitrogen and oxygen atoms in total. The molecule has 2 N–H and O–H groups in total. The van der Waals surface area contributed by atoms with Gasteiger partial charge in [0.15, 0.2) is 0 Å². The predicted molar refractivity (Wildman–Crippen MR) is 106 cm³/mol. The van der Waals surface area contributed by atoms with E-state index in [9.17, 15) is 4.79 Å². The molecule has 25 heavy (non-hydrogen) atoms. The van der Waals surface area contributed by atoms with Gasteiger partial charge >= 0.3 is 6.03 Å². The van der Waals surface area contributed by atoms with Crippen LogP contribution in [0.1, 0.15) is 57.6 Å². The lowest BCUT2D eigenvalue weighted by Crippen LogP contribution is -2.48. The first kappa shape index (κ1) is 19.8. The third-order valence-electron chi connectivity index (χ3n) is 5.33. The molecule has 2 rings (SSSR count). The van der Waals surface area contributed by atoms with Crippen molar-refractivity contribution < 1.29 is 4.79 Å². The summed E-state index contributed by atoms with van der Waals surface area (Å²) in [7, 11) is 0. The zero-order valence-electron chi connectivity index (χ0n) is 16.4. The lowest BCUT2D eigenvalue weighted by Gasteiger charge is -2.33. The monoisotopic (exact) mass is 345 g/mol. The molecule has 0 radical (unpaired) electrons. The molecule has 1 aliphatic rings. The Balaban J connectivity index is 1.95. The van der Waals surface area contributed by atoms with Crippen LogP contribution in [-0.4, -0.2) is 36.6 Å². The van der Waals surface area contributed by atoms with Crippen LogP contribution >= 0.6 is 0 Å². The van der Waals surface area contributed by atoms with Crippen LogP contribution in [0, 0.1) is 12.8 Å². The molecule has 4 heteroatoms. The molecule has 140 valence electrons. The molecule has 1 atom stereocenters. The van der Waals surface area contributed by atoms with Crippen molar-refractivity contribution >= 4 is 11.7 Å². The van der Waals surface area contributed by atoms with Crippen molar-refractivity contribution in [2.75, 3.05) is 25.0 Å². The molecule has 0 saturated carbocycles. The topological polar surface area (TPSA) is 44.4 Å². The van der Waals surface area contributed by atoms with E-state index in [2.05, 4.69) is 42.4 Å². The van der Waals surface area contributed by atoms with Crippen molar-refractivity contribution in [2.24, 2.45) is 5.92 Å². The van der Waals surface area contributed by atoms with Gasteiger partial charge in [-0.15, -0.1) is 0 Å². The zero-order valence-corrected chi connectivity index (χ0v) is 16.4. The van der Waals surface area contributed by atoms with Crippen LogP contribution < -0.4 is 10.6 Å². The highest BCUT2D eigenvalue weighted by atomic mass is 16.2. The van der Waals surface area contributed by atoms with E-state index in [0.717, 1.165) is 30.8 Å². The fraction of sp³-hybridized carbons (Fsp3) is 0.667. The molecule has 2 amide bonds. The Hall–Kier alpha value is -1.55. The number of para-hydroxylation sites is 1. The summed E-state index contributed by atoms with van der Waals surface area (Å²) >= 11 is 0. The van der Waals surface area contributed by atoms with Crippen LogP contribution in [0.25, 0.3) is 0 Å². The number of benzene rings is 1. The number of likely N-dealkylation sites (tertiary alicyclic amines) is 1. The summed E-state index contributed by atoms with van der Waals surface area (Å²) in [6.45, 7) is 11.7. The predicted octanol–water partition coefficient (Wildman–Crippen LogP) is 4.58. The second kappa shape index (κ2) is 9.81. The summed E-state index contributed by atoms with van der Waals surface area (Å²) in [5.41, 5.74) is 3.25. The minimum absolute atomic E-state index is 0.0931. The van der Waals surface area contributed by atoms with Crippen LogP contribution in [0.15, 0.2) is 18.2 Å². The van der Waals surface area contributed by atoms with Crippen molar-refractivity contribution in [3.63, 3.8) is 0 Å². The summed E-state index contributed by atoms with van der Waals surface area (Å²) in [4.78, 5) is 15.0. The molecule has 0 aromatic heterocycles. The highest BCUT2D eigenvalue weighted by Gasteiger charge is 2.23. The van der Waals surface area contributed by atoms with E-state index in [-0.39, 0.29) is 6.03 Å². The Morgan fingerprint density at radius 2 is 1.84 bits per heavy atom. The highest BCUT2D eigenvalue weighted by Crippen LogP contribution is 2.21. The van der Waals surface area contributed by atoms with Gasteiger partial charge in [-0.1, -0.05) is 51.8 Å². The number of aryl methyl sites for hydroxylation is 2. The molecule has 1 heterocycles. The largest absolute Gasteiger partial charge is 0.336 e. The number of amides is 2. The SMILES string of the molecule is CCc1cccc(C)c1NC(=O)NC[C@@H](C(C)C)N1CCCCCC1. The number of nitrogens with zero attached hydrogens (tertiary/aromatic N) is 1. The molecule has 1 saturated heterocycles. The van der Waals surface area contributed by atoms with E-state index in [4.69, 9.17) is 0 Å². The van der Waals surface area contributed by atoms with Gasteiger partial charge in [0.05, 0.1) is 0 Å². The van der Waals surface area contributed by atoms with Crippen molar-refractivity contribution in [1.29, 1.82) is 0 Å². The molecule has 0 spiro atoms. The maximum Gasteiger partial charge on any atom is 0.319 e. The van der Waals surface area contributed by atoms with Gasteiger partial charge in [-0.3, -0.25) is 4.90 Å². The average Bonchev–Trinajstić information content (AvgIpc) is 2.86. The first-order chi connectivity index (χ1) is 12.0. The number of urea groups is 1. The van der Waals surface area contributed by atoms with Gasteiger partial charge < -0.3 is 10.6 Å². The van der Waals surface area contributed by atoms with E-state index < -0.39 is 0 Å². The van der Waals surface area contributed by atoms with Crippen molar-refractivity contribution in [3.8, 4) is 0 Å². The van der Waals surface area contributed by atoms with E-state index >= 15 is 0 Å². The standard InChI is InChI=1S/C21H35N3O/c1-5-18-12-10-11-17(4)20(18)23-21(25)22-15-19(16(2)3)24-13-8-6-7-9-14-24/h10-12,16,19H,5-9,13-15H2,1-4H3,(H2,22,23,25)/t19-/m0/s1. The van der Waals surface area contributed by atoms with Crippen LogP contribution in [-0.2, 0) is 6.42 Å². The second-order valence-electron chi connectivity index (χ2n) is 7.56. The summed E-state index contributed by atoms with van der Waals surface area (Å²) < 4.78 is 0. The number of rotatable bonds is 6. The van der Waals surface area contributed by atoms with Crippen molar-refractivity contribution in [1.82, 2.24) is 10.2 Å². The number of hydrogen-bond donors (Lipinski definition) is 2. The van der Waals surface area contributed by atoms with E-state index in [1.807, 2.05) is 19.1 Å². The van der Waals surface area contributed by atoms with Crippen LogP contribution in [0.5, 0.6) is 0 Å². The Bertz CT molecular complexity index is 548. The van der Waals surface area contributed by atoms with Crippen molar-refractivity contribution in [3.05, 3.63) is 29.3 Å². The molecule has 0 aliphatic carbocycles.